The van der Waals surface area contributed by atoms with Gasteiger partial charge in [-0.2, -0.15) is 0 Å². The highest BCUT2D eigenvalue weighted by Crippen LogP contribution is 2.19. The Balaban J connectivity index is 1.60. The van der Waals surface area contributed by atoms with Gasteiger partial charge < -0.3 is 20.5 Å². The molecule has 1 heterocycles. The standard InChI is InChI=1S/C10H18N2O3/c1-10(5-11-6-10)15-4-9(14)12-7-2-8(13)3-7/h7-8,11,13H,2-6H2,1H3,(H,12,14). The van der Waals surface area contributed by atoms with E-state index in [2.05, 4.69) is 10.6 Å². The summed E-state index contributed by atoms with van der Waals surface area (Å²) in [7, 11) is 0. The smallest absolute Gasteiger partial charge is 0.246 e. The van der Waals surface area contributed by atoms with Gasteiger partial charge in [0.25, 0.3) is 0 Å². The third-order valence-corrected chi connectivity index (χ3v) is 3.03. The molecule has 5 heteroatoms. The van der Waals surface area contributed by atoms with Crippen LogP contribution in [0.5, 0.6) is 0 Å². The number of carbonyl (C=O) groups is 1. The molecule has 15 heavy (non-hydrogen) atoms. The summed E-state index contributed by atoms with van der Waals surface area (Å²) in [5.41, 5.74) is -0.170. The SMILES string of the molecule is CC1(OCC(=O)NC2CC(O)C2)CNC1. The number of ether oxygens (including phenoxy) is 1. The van der Waals surface area contributed by atoms with E-state index in [9.17, 15) is 4.79 Å². The number of hydrogen-bond donors (Lipinski definition) is 3. The number of nitrogens with one attached hydrogen (secondary N) is 2. The van der Waals surface area contributed by atoms with E-state index >= 15 is 0 Å². The molecule has 1 amide bonds. The molecule has 1 aliphatic carbocycles. The monoisotopic (exact) mass is 214 g/mol. The van der Waals surface area contributed by atoms with Crippen LogP contribution in [0, 0.1) is 0 Å². The fraction of sp³-hybridized carbons (Fsp3) is 0.900. The van der Waals surface area contributed by atoms with Crippen molar-refractivity contribution >= 4 is 5.91 Å². The average Bonchev–Trinajstić information content (AvgIpc) is 2.09. The molecule has 0 bridgehead atoms. The molecular formula is C10H18N2O3. The minimum atomic E-state index is -0.232. The highest BCUT2D eigenvalue weighted by Gasteiger charge is 2.34. The van der Waals surface area contributed by atoms with Crippen molar-refractivity contribution in [1.82, 2.24) is 10.6 Å². The van der Waals surface area contributed by atoms with Gasteiger partial charge in [-0.3, -0.25) is 4.79 Å². The Morgan fingerprint density at radius 1 is 1.60 bits per heavy atom. The van der Waals surface area contributed by atoms with Crippen molar-refractivity contribution in [2.24, 2.45) is 0 Å². The Morgan fingerprint density at radius 3 is 2.73 bits per heavy atom. The van der Waals surface area contributed by atoms with Crippen LogP contribution in [0.3, 0.4) is 0 Å². The van der Waals surface area contributed by atoms with Gasteiger partial charge in [0.1, 0.15) is 6.61 Å². The maximum Gasteiger partial charge on any atom is 0.246 e. The fourth-order valence-corrected chi connectivity index (χ4v) is 1.79. The molecule has 86 valence electrons. The number of rotatable bonds is 4. The summed E-state index contributed by atoms with van der Waals surface area (Å²) in [5.74, 6) is -0.0833. The molecular weight excluding hydrogens is 196 g/mol. The lowest BCUT2D eigenvalue weighted by atomic mass is 9.89. The quantitative estimate of drug-likeness (QED) is 0.561. The number of aliphatic hydroxyl groups excluding tert-OH is 1. The second-order valence-electron chi connectivity index (χ2n) is 4.73. The van der Waals surface area contributed by atoms with E-state index in [1.54, 1.807) is 0 Å². The van der Waals surface area contributed by atoms with Crippen LogP contribution in [0.4, 0.5) is 0 Å². The Hall–Kier alpha value is -0.650. The van der Waals surface area contributed by atoms with Crippen LogP contribution in [0.25, 0.3) is 0 Å². The summed E-state index contributed by atoms with van der Waals surface area (Å²) in [4.78, 5) is 11.4. The first-order valence-corrected chi connectivity index (χ1v) is 5.39. The second kappa shape index (κ2) is 4.08. The molecule has 3 N–H and O–H groups in total. The van der Waals surface area contributed by atoms with Crippen molar-refractivity contribution in [2.45, 2.75) is 37.5 Å². The Bertz CT molecular complexity index is 247. The van der Waals surface area contributed by atoms with Crippen molar-refractivity contribution in [3.8, 4) is 0 Å². The molecule has 5 nitrogen and oxygen atoms in total. The summed E-state index contributed by atoms with van der Waals surface area (Å²) in [6.07, 6.45) is 1.11. The first kappa shape index (κ1) is 10.9. The molecule has 2 rings (SSSR count). The first-order chi connectivity index (χ1) is 7.07. The molecule has 1 aliphatic heterocycles. The Kier molecular flexibility index (Phi) is 2.95. The highest BCUT2D eigenvalue weighted by atomic mass is 16.5. The summed E-state index contributed by atoms with van der Waals surface area (Å²) < 4.78 is 5.49. The summed E-state index contributed by atoms with van der Waals surface area (Å²) in [6, 6.07) is 0.142. The lowest BCUT2D eigenvalue weighted by Crippen LogP contribution is -2.60. The maximum atomic E-state index is 11.4. The van der Waals surface area contributed by atoms with Gasteiger partial charge >= 0.3 is 0 Å². The number of amides is 1. The van der Waals surface area contributed by atoms with E-state index in [0.29, 0.717) is 12.8 Å². The normalized spacial score (nSPS) is 32.7. The number of hydrogen-bond acceptors (Lipinski definition) is 4. The minimum Gasteiger partial charge on any atom is -0.393 e. The van der Waals surface area contributed by atoms with Crippen molar-refractivity contribution in [2.75, 3.05) is 19.7 Å². The topological polar surface area (TPSA) is 70.6 Å². The van der Waals surface area contributed by atoms with Gasteiger partial charge in [-0.25, -0.2) is 0 Å². The van der Waals surface area contributed by atoms with Crippen molar-refractivity contribution in [3.63, 3.8) is 0 Å². The third-order valence-electron chi connectivity index (χ3n) is 3.03. The predicted octanol–water partition coefficient (Wildman–Crippen LogP) is -0.996. The van der Waals surface area contributed by atoms with E-state index in [0.717, 1.165) is 13.1 Å². The zero-order valence-electron chi connectivity index (χ0n) is 8.95. The van der Waals surface area contributed by atoms with Gasteiger partial charge in [-0.05, 0) is 19.8 Å². The van der Waals surface area contributed by atoms with Crippen LogP contribution >= 0.6 is 0 Å². The molecule has 2 aliphatic rings. The molecule has 1 saturated carbocycles. The van der Waals surface area contributed by atoms with Crippen LogP contribution < -0.4 is 10.6 Å². The summed E-state index contributed by atoms with van der Waals surface area (Å²) >= 11 is 0. The van der Waals surface area contributed by atoms with Gasteiger partial charge in [-0.1, -0.05) is 0 Å². The van der Waals surface area contributed by atoms with Crippen LogP contribution in [0.1, 0.15) is 19.8 Å². The highest BCUT2D eigenvalue weighted by molar-refractivity contribution is 5.77. The molecule has 0 radical (unpaired) electrons. The average molecular weight is 214 g/mol. The van der Waals surface area contributed by atoms with Gasteiger partial charge in [0.15, 0.2) is 0 Å². The van der Waals surface area contributed by atoms with Crippen molar-refractivity contribution in [3.05, 3.63) is 0 Å². The zero-order chi connectivity index (χ0) is 10.9. The third kappa shape index (κ3) is 2.68. The number of aliphatic hydroxyl groups is 1. The van der Waals surface area contributed by atoms with E-state index in [1.807, 2.05) is 6.92 Å². The molecule has 2 fully saturated rings. The van der Waals surface area contributed by atoms with Gasteiger partial charge in [0.05, 0.1) is 11.7 Å². The predicted molar refractivity (Wildman–Crippen MR) is 54.4 cm³/mol. The zero-order valence-corrected chi connectivity index (χ0v) is 8.95. The summed E-state index contributed by atoms with van der Waals surface area (Å²) in [5, 5.41) is 15.0. The summed E-state index contributed by atoms with van der Waals surface area (Å²) in [6.45, 7) is 3.72. The number of carbonyl (C=O) groups excluding carboxylic acids is 1. The molecule has 0 atom stereocenters. The second-order valence-corrected chi connectivity index (χ2v) is 4.73. The maximum absolute atomic E-state index is 11.4. The van der Waals surface area contributed by atoms with E-state index in [-0.39, 0.29) is 30.3 Å². The van der Waals surface area contributed by atoms with Gasteiger partial charge in [0.2, 0.25) is 5.91 Å². The fourth-order valence-electron chi connectivity index (χ4n) is 1.79. The van der Waals surface area contributed by atoms with E-state index < -0.39 is 0 Å². The van der Waals surface area contributed by atoms with Gasteiger partial charge in [0, 0.05) is 19.1 Å². The molecule has 1 saturated heterocycles. The first-order valence-electron chi connectivity index (χ1n) is 5.39. The molecule has 0 aromatic carbocycles. The van der Waals surface area contributed by atoms with Crippen LogP contribution in [-0.2, 0) is 9.53 Å². The molecule has 0 aromatic heterocycles. The van der Waals surface area contributed by atoms with Crippen LogP contribution in [0.2, 0.25) is 0 Å². The Morgan fingerprint density at radius 2 is 2.27 bits per heavy atom. The van der Waals surface area contributed by atoms with Crippen molar-refractivity contribution < 1.29 is 14.6 Å². The lowest BCUT2D eigenvalue weighted by Gasteiger charge is -2.39. The molecule has 0 unspecified atom stereocenters. The van der Waals surface area contributed by atoms with E-state index in [1.165, 1.54) is 0 Å². The van der Waals surface area contributed by atoms with Crippen LogP contribution in [0.15, 0.2) is 0 Å². The Labute approximate surface area is 89.2 Å². The van der Waals surface area contributed by atoms with Crippen LogP contribution in [-0.4, -0.2) is 48.5 Å². The lowest BCUT2D eigenvalue weighted by molar-refractivity contribution is -0.137. The van der Waals surface area contributed by atoms with Gasteiger partial charge in [-0.15, -0.1) is 0 Å². The minimum absolute atomic E-state index is 0.0833. The van der Waals surface area contributed by atoms with Crippen molar-refractivity contribution in [1.29, 1.82) is 0 Å². The molecule has 0 spiro atoms. The largest absolute Gasteiger partial charge is 0.393 e. The molecule has 0 aromatic rings. The van der Waals surface area contributed by atoms with E-state index in [4.69, 9.17) is 9.84 Å².